The Bertz CT molecular complexity index is 1040. The van der Waals surface area contributed by atoms with Gasteiger partial charge in [0.1, 0.15) is 5.02 Å². The number of halogens is 1. The van der Waals surface area contributed by atoms with Crippen LogP contribution >= 0.6 is 11.6 Å². The van der Waals surface area contributed by atoms with Gasteiger partial charge in [-0.2, -0.15) is 0 Å². The van der Waals surface area contributed by atoms with Crippen molar-refractivity contribution in [2.24, 2.45) is 22.7 Å². The van der Waals surface area contributed by atoms with Gasteiger partial charge in [-0.3, -0.25) is 4.79 Å². The van der Waals surface area contributed by atoms with Crippen molar-refractivity contribution in [3.8, 4) is 5.88 Å². The summed E-state index contributed by atoms with van der Waals surface area (Å²) in [5.74, 6) is -0.0535. The van der Waals surface area contributed by atoms with Crippen molar-refractivity contribution in [3.63, 3.8) is 0 Å². The molecule has 3 rings (SSSR count). The normalized spacial score (nSPS) is 18.1. The topological polar surface area (TPSA) is 113 Å². The maximum absolute atomic E-state index is 12.3. The average Bonchev–Trinajstić information content (AvgIpc) is 3.27. The largest absolute Gasteiger partial charge is 0.474 e. The predicted molar refractivity (Wildman–Crippen MR) is 129 cm³/mol. The zero-order valence-electron chi connectivity index (χ0n) is 19.6. The summed E-state index contributed by atoms with van der Waals surface area (Å²) in [6.07, 6.45) is 4.82. The maximum atomic E-state index is 12.3. The first-order valence-corrected chi connectivity index (χ1v) is 11.8. The molecule has 1 aliphatic carbocycles. The summed E-state index contributed by atoms with van der Waals surface area (Å²) in [7, 11) is 0. The highest BCUT2D eigenvalue weighted by Crippen LogP contribution is 2.34. The Hall–Kier alpha value is -3.13. The number of oxime groups is 1. The average molecular weight is 488 g/mol. The molecule has 1 saturated carbocycles. The lowest BCUT2D eigenvalue weighted by Gasteiger charge is -2.11. The third kappa shape index (κ3) is 6.93. The van der Waals surface area contributed by atoms with Gasteiger partial charge in [-0.15, -0.1) is 0 Å². The van der Waals surface area contributed by atoms with Crippen molar-refractivity contribution in [2.75, 3.05) is 6.61 Å². The number of carbonyl (C=O) groups excluding carboxylic acids is 2. The van der Waals surface area contributed by atoms with Crippen molar-refractivity contribution < 1.29 is 23.9 Å². The number of carbonyl (C=O) groups is 2. The minimum Gasteiger partial charge on any atom is -0.474 e. The van der Waals surface area contributed by atoms with E-state index in [-0.39, 0.29) is 40.3 Å². The van der Waals surface area contributed by atoms with Crippen LogP contribution in [0.15, 0.2) is 41.7 Å². The molecule has 0 saturated heterocycles. The Morgan fingerprint density at radius 2 is 1.94 bits per heavy atom. The number of hydrogen-bond acceptors (Lipinski definition) is 7. The predicted octanol–water partition coefficient (Wildman–Crippen LogP) is 4.52. The highest BCUT2D eigenvalue weighted by Gasteiger charge is 2.30. The van der Waals surface area contributed by atoms with Crippen LogP contribution in [0, 0.1) is 11.8 Å². The van der Waals surface area contributed by atoms with Crippen molar-refractivity contribution in [1.82, 2.24) is 4.98 Å². The van der Waals surface area contributed by atoms with Gasteiger partial charge in [-0.1, -0.05) is 41.0 Å². The summed E-state index contributed by atoms with van der Waals surface area (Å²) in [5.41, 5.74) is 7.89. The molecule has 2 atom stereocenters. The number of aromatic nitrogens is 1. The number of hydrogen-bond donors (Lipinski definition) is 1. The second-order valence-corrected chi connectivity index (χ2v) is 8.97. The number of rotatable bonds is 9. The molecular weight excluding hydrogens is 458 g/mol. The molecule has 1 heterocycles. The van der Waals surface area contributed by atoms with E-state index in [1.54, 1.807) is 0 Å². The molecular formula is C25H30ClN3O5. The number of benzene rings is 1. The Morgan fingerprint density at radius 3 is 2.59 bits per heavy atom. The first-order chi connectivity index (χ1) is 16.3. The van der Waals surface area contributed by atoms with E-state index in [0.717, 1.165) is 31.2 Å². The van der Waals surface area contributed by atoms with Crippen LogP contribution in [0.25, 0.3) is 0 Å². The number of esters is 1. The first kappa shape index (κ1) is 25.5. The zero-order chi connectivity index (χ0) is 24.7. The van der Waals surface area contributed by atoms with Crippen molar-refractivity contribution in [1.29, 1.82) is 0 Å². The standard InChI is InChI=1S/C25H30ClN3O5/c1-4-32-24(30)19-10-7-17(12-19)11-16-5-8-18(9-6-16)22(27)29-34-25(31)20-13-21(26)23(28-14-20)33-15(2)3/h5-6,8-9,13-15,17,19H,4,7,10-12H2,1-3H3,(H2,27,29)/t17-,19-/m1/s1. The molecule has 8 nitrogen and oxygen atoms in total. The molecule has 0 bridgehead atoms. The molecule has 0 unspecified atom stereocenters. The van der Waals surface area contributed by atoms with Gasteiger partial charge in [-0.25, -0.2) is 9.78 Å². The van der Waals surface area contributed by atoms with Gasteiger partial charge in [0, 0.05) is 11.8 Å². The quantitative estimate of drug-likeness (QED) is 0.182. The number of nitrogens with two attached hydrogens (primary N) is 1. The molecule has 9 heteroatoms. The maximum Gasteiger partial charge on any atom is 0.367 e. The van der Waals surface area contributed by atoms with Crippen LogP contribution in [0.1, 0.15) is 61.5 Å². The van der Waals surface area contributed by atoms with E-state index in [1.807, 2.05) is 45.0 Å². The van der Waals surface area contributed by atoms with Crippen LogP contribution in [-0.2, 0) is 20.8 Å². The Kier molecular flexibility index (Phi) is 8.87. The van der Waals surface area contributed by atoms with Gasteiger partial charge in [0.2, 0.25) is 5.88 Å². The molecule has 0 radical (unpaired) electrons. The van der Waals surface area contributed by atoms with Gasteiger partial charge in [0.05, 0.1) is 24.2 Å². The number of amidine groups is 1. The van der Waals surface area contributed by atoms with Crippen LogP contribution < -0.4 is 10.5 Å². The van der Waals surface area contributed by atoms with Crippen molar-refractivity contribution in [2.45, 2.75) is 52.6 Å². The fraction of sp³-hybridized carbons (Fsp3) is 0.440. The lowest BCUT2D eigenvalue weighted by atomic mass is 9.96. The van der Waals surface area contributed by atoms with Gasteiger partial charge in [0.15, 0.2) is 5.84 Å². The first-order valence-electron chi connectivity index (χ1n) is 11.4. The van der Waals surface area contributed by atoms with Crippen LogP contribution in [0.5, 0.6) is 5.88 Å². The summed E-state index contributed by atoms with van der Waals surface area (Å²) in [6, 6.07) is 9.00. The lowest BCUT2D eigenvalue weighted by molar-refractivity contribution is -0.147. The third-order valence-corrected chi connectivity index (χ3v) is 5.82. The zero-order valence-corrected chi connectivity index (χ0v) is 20.4. The number of pyridine rings is 1. The van der Waals surface area contributed by atoms with E-state index in [4.69, 9.17) is 31.6 Å². The van der Waals surface area contributed by atoms with Gasteiger partial charge in [-0.05, 0) is 64.0 Å². The fourth-order valence-corrected chi connectivity index (χ4v) is 4.13. The molecule has 2 aromatic rings. The van der Waals surface area contributed by atoms with Crippen LogP contribution in [0.4, 0.5) is 0 Å². The number of nitrogens with zero attached hydrogens (tertiary/aromatic N) is 2. The minimum atomic E-state index is -0.734. The smallest absolute Gasteiger partial charge is 0.367 e. The monoisotopic (exact) mass is 487 g/mol. The summed E-state index contributed by atoms with van der Waals surface area (Å²) >= 11 is 6.11. The Labute approximate surface area is 204 Å². The Balaban J connectivity index is 1.54. The molecule has 1 aromatic heterocycles. The van der Waals surface area contributed by atoms with E-state index in [0.29, 0.717) is 18.1 Å². The molecule has 34 heavy (non-hydrogen) atoms. The molecule has 1 aromatic carbocycles. The molecule has 0 spiro atoms. The van der Waals surface area contributed by atoms with Gasteiger partial charge in [0.25, 0.3) is 0 Å². The fourth-order valence-electron chi connectivity index (χ4n) is 3.92. The van der Waals surface area contributed by atoms with Crippen molar-refractivity contribution >= 4 is 29.4 Å². The van der Waals surface area contributed by atoms with Crippen LogP contribution in [0.2, 0.25) is 5.02 Å². The van der Waals surface area contributed by atoms with E-state index in [9.17, 15) is 9.59 Å². The summed E-state index contributed by atoms with van der Waals surface area (Å²) < 4.78 is 10.6. The van der Waals surface area contributed by atoms with E-state index in [2.05, 4.69) is 10.1 Å². The van der Waals surface area contributed by atoms with Gasteiger partial charge >= 0.3 is 11.9 Å². The molecule has 0 aliphatic heterocycles. The molecule has 2 N–H and O–H groups in total. The third-order valence-electron chi connectivity index (χ3n) is 5.55. The highest BCUT2D eigenvalue weighted by atomic mass is 35.5. The number of ether oxygens (including phenoxy) is 2. The van der Waals surface area contributed by atoms with E-state index < -0.39 is 5.97 Å². The van der Waals surface area contributed by atoms with Gasteiger partial charge < -0.3 is 20.0 Å². The molecule has 1 aliphatic rings. The van der Waals surface area contributed by atoms with E-state index >= 15 is 0 Å². The van der Waals surface area contributed by atoms with E-state index in [1.165, 1.54) is 12.3 Å². The van der Waals surface area contributed by atoms with Crippen molar-refractivity contribution in [3.05, 3.63) is 58.2 Å². The summed E-state index contributed by atoms with van der Waals surface area (Å²) in [6.45, 7) is 5.94. The summed E-state index contributed by atoms with van der Waals surface area (Å²) in [4.78, 5) is 33.2. The van der Waals surface area contributed by atoms with Crippen LogP contribution in [-0.4, -0.2) is 35.5 Å². The molecule has 182 valence electrons. The molecule has 1 fully saturated rings. The molecule has 0 amide bonds. The highest BCUT2D eigenvalue weighted by molar-refractivity contribution is 6.32. The SMILES string of the molecule is CCOC(=O)[C@@H]1CC[C@H](Cc2ccc(/C(N)=N/OC(=O)c3cnc(OC(C)C)c(Cl)c3)cc2)C1. The summed E-state index contributed by atoms with van der Waals surface area (Å²) in [5, 5.41) is 3.94. The second-order valence-electron chi connectivity index (χ2n) is 8.56. The second kappa shape index (κ2) is 11.8. The lowest BCUT2D eigenvalue weighted by Crippen LogP contribution is -2.16. The van der Waals surface area contributed by atoms with Crippen LogP contribution in [0.3, 0.4) is 0 Å². The minimum absolute atomic E-state index is 0.00528. The Morgan fingerprint density at radius 1 is 1.21 bits per heavy atom.